The highest BCUT2D eigenvalue weighted by Gasteiger charge is 2.06. The number of halogens is 2. The number of rotatable bonds is 9. The van der Waals surface area contributed by atoms with Gasteiger partial charge in [0.25, 0.3) is 0 Å². The SMILES string of the molecule is CCNC(=NCc1ccc(F)cc1)NCc1ccc(C)cc1OCCOC.I. The molecule has 0 saturated heterocycles. The Bertz CT molecular complexity index is 739. The van der Waals surface area contributed by atoms with Crippen LogP contribution in [0.2, 0.25) is 0 Å². The largest absolute Gasteiger partial charge is 0.491 e. The van der Waals surface area contributed by atoms with Crippen LogP contribution in [0.3, 0.4) is 0 Å². The fourth-order valence-electron chi connectivity index (χ4n) is 2.46. The molecule has 0 aromatic heterocycles. The zero-order valence-electron chi connectivity index (χ0n) is 16.6. The Balaban J connectivity index is 0.00000392. The molecule has 7 heteroatoms. The molecule has 0 atom stereocenters. The fourth-order valence-corrected chi connectivity index (χ4v) is 2.46. The number of aryl methyl sites for hydroxylation is 1. The first-order valence-electron chi connectivity index (χ1n) is 9.10. The average Bonchev–Trinajstić information content (AvgIpc) is 2.66. The van der Waals surface area contributed by atoms with E-state index in [1.165, 1.54) is 12.1 Å². The molecule has 0 amide bonds. The molecular weight excluding hydrogens is 472 g/mol. The number of hydrogen-bond acceptors (Lipinski definition) is 3. The van der Waals surface area contributed by atoms with Gasteiger partial charge in [-0.3, -0.25) is 0 Å². The Labute approximate surface area is 183 Å². The van der Waals surface area contributed by atoms with Crippen LogP contribution in [0.5, 0.6) is 5.75 Å². The van der Waals surface area contributed by atoms with Crippen molar-refractivity contribution in [2.45, 2.75) is 26.9 Å². The highest BCUT2D eigenvalue weighted by molar-refractivity contribution is 14.0. The molecule has 0 heterocycles. The molecule has 5 nitrogen and oxygen atoms in total. The van der Waals surface area contributed by atoms with Crippen molar-refractivity contribution >= 4 is 29.9 Å². The van der Waals surface area contributed by atoms with Crippen LogP contribution in [0, 0.1) is 12.7 Å². The maximum absolute atomic E-state index is 13.0. The molecule has 28 heavy (non-hydrogen) atoms. The van der Waals surface area contributed by atoms with Gasteiger partial charge in [0.1, 0.15) is 18.2 Å². The molecule has 2 rings (SSSR count). The Morgan fingerprint density at radius 3 is 2.50 bits per heavy atom. The standard InChI is InChI=1S/C21H28FN3O2.HI/c1-4-23-21(24-14-17-6-9-19(22)10-7-17)25-15-18-8-5-16(2)13-20(18)27-12-11-26-3;/h5-10,13H,4,11-12,14-15H2,1-3H3,(H2,23,24,25);1H. The van der Waals surface area contributed by atoms with Crippen LogP contribution in [0.4, 0.5) is 4.39 Å². The first-order chi connectivity index (χ1) is 13.1. The van der Waals surface area contributed by atoms with Crippen LogP contribution < -0.4 is 15.4 Å². The summed E-state index contributed by atoms with van der Waals surface area (Å²) in [5.41, 5.74) is 3.14. The van der Waals surface area contributed by atoms with Gasteiger partial charge in [-0.25, -0.2) is 9.38 Å². The first kappa shape index (κ1) is 24.2. The van der Waals surface area contributed by atoms with E-state index < -0.39 is 0 Å². The van der Waals surface area contributed by atoms with Crippen LogP contribution in [0.15, 0.2) is 47.5 Å². The van der Waals surface area contributed by atoms with E-state index in [0.717, 1.165) is 29.0 Å². The van der Waals surface area contributed by atoms with Crippen LogP contribution in [0.25, 0.3) is 0 Å². The number of nitrogens with zero attached hydrogens (tertiary/aromatic N) is 1. The summed E-state index contributed by atoms with van der Waals surface area (Å²) in [6.07, 6.45) is 0. The van der Waals surface area contributed by atoms with E-state index in [9.17, 15) is 4.39 Å². The summed E-state index contributed by atoms with van der Waals surface area (Å²) < 4.78 is 23.9. The summed E-state index contributed by atoms with van der Waals surface area (Å²) in [7, 11) is 1.66. The number of ether oxygens (including phenoxy) is 2. The highest BCUT2D eigenvalue weighted by Crippen LogP contribution is 2.20. The molecule has 154 valence electrons. The lowest BCUT2D eigenvalue weighted by atomic mass is 10.1. The van der Waals surface area contributed by atoms with Crippen molar-refractivity contribution in [3.05, 3.63) is 65.0 Å². The normalized spacial score (nSPS) is 10.9. The van der Waals surface area contributed by atoms with Gasteiger partial charge in [-0.15, -0.1) is 24.0 Å². The Kier molecular flexibility index (Phi) is 11.5. The van der Waals surface area contributed by atoms with Crippen LogP contribution in [-0.4, -0.2) is 32.8 Å². The Morgan fingerprint density at radius 1 is 1.07 bits per heavy atom. The quantitative estimate of drug-likeness (QED) is 0.236. The van der Waals surface area contributed by atoms with E-state index in [0.29, 0.717) is 32.3 Å². The lowest BCUT2D eigenvalue weighted by molar-refractivity contribution is 0.145. The van der Waals surface area contributed by atoms with E-state index in [4.69, 9.17) is 9.47 Å². The molecule has 0 radical (unpaired) electrons. The number of aliphatic imine (C=N–C) groups is 1. The topological polar surface area (TPSA) is 54.9 Å². The number of benzene rings is 2. The average molecular weight is 501 g/mol. The lowest BCUT2D eigenvalue weighted by Gasteiger charge is -2.15. The number of hydrogen-bond donors (Lipinski definition) is 2. The summed E-state index contributed by atoms with van der Waals surface area (Å²) in [5, 5.41) is 6.54. The summed E-state index contributed by atoms with van der Waals surface area (Å²) in [6.45, 7) is 6.90. The molecule has 2 N–H and O–H groups in total. The van der Waals surface area contributed by atoms with Gasteiger partial charge in [-0.05, 0) is 43.2 Å². The predicted octanol–water partition coefficient (Wildman–Crippen LogP) is 4.03. The van der Waals surface area contributed by atoms with Crippen molar-refractivity contribution < 1.29 is 13.9 Å². The summed E-state index contributed by atoms with van der Waals surface area (Å²) in [5.74, 6) is 1.30. The van der Waals surface area contributed by atoms with E-state index in [1.807, 2.05) is 26.0 Å². The Morgan fingerprint density at radius 2 is 1.82 bits per heavy atom. The smallest absolute Gasteiger partial charge is 0.191 e. The summed E-state index contributed by atoms with van der Waals surface area (Å²) >= 11 is 0. The zero-order valence-corrected chi connectivity index (χ0v) is 19.0. The van der Waals surface area contributed by atoms with Gasteiger partial charge in [0.15, 0.2) is 5.96 Å². The molecule has 2 aromatic carbocycles. The molecular formula is C21H29FIN3O2. The summed E-state index contributed by atoms with van der Waals surface area (Å²) in [4.78, 5) is 4.56. The van der Waals surface area contributed by atoms with Gasteiger partial charge in [0.2, 0.25) is 0 Å². The van der Waals surface area contributed by atoms with Crippen molar-refractivity contribution in [1.29, 1.82) is 0 Å². The second kappa shape index (κ2) is 13.3. The molecule has 0 aliphatic heterocycles. The van der Waals surface area contributed by atoms with Crippen molar-refractivity contribution in [3.8, 4) is 5.75 Å². The van der Waals surface area contributed by atoms with E-state index in [1.54, 1.807) is 19.2 Å². The highest BCUT2D eigenvalue weighted by atomic mass is 127. The minimum atomic E-state index is -0.242. The van der Waals surface area contributed by atoms with Gasteiger partial charge in [0, 0.05) is 25.8 Å². The maximum atomic E-state index is 13.0. The molecule has 0 bridgehead atoms. The Hall–Kier alpha value is -1.87. The number of methoxy groups -OCH3 is 1. The minimum Gasteiger partial charge on any atom is -0.491 e. The number of nitrogens with one attached hydrogen (secondary N) is 2. The van der Waals surface area contributed by atoms with E-state index >= 15 is 0 Å². The predicted molar refractivity (Wildman–Crippen MR) is 122 cm³/mol. The van der Waals surface area contributed by atoms with Crippen molar-refractivity contribution in [1.82, 2.24) is 10.6 Å². The van der Waals surface area contributed by atoms with Crippen LogP contribution >= 0.6 is 24.0 Å². The maximum Gasteiger partial charge on any atom is 0.191 e. The van der Waals surface area contributed by atoms with Crippen molar-refractivity contribution in [3.63, 3.8) is 0 Å². The van der Waals surface area contributed by atoms with Gasteiger partial charge in [-0.1, -0.05) is 24.3 Å². The van der Waals surface area contributed by atoms with Crippen LogP contribution in [0.1, 0.15) is 23.6 Å². The van der Waals surface area contributed by atoms with Crippen LogP contribution in [-0.2, 0) is 17.8 Å². The lowest BCUT2D eigenvalue weighted by Crippen LogP contribution is -2.36. The second-order valence-corrected chi connectivity index (χ2v) is 6.13. The third-order valence-corrected chi connectivity index (χ3v) is 3.89. The molecule has 0 unspecified atom stereocenters. The molecule has 0 fully saturated rings. The van der Waals surface area contributed by atoms with E-state index in [-0.39, 0.29) is 29.8 Å². The third-order valence-electron chi connectivity index (χ3n) is 3.89. The van der Waals surface area contributed by atoms with Gasteiger partial charge in [0.05, 0.1) is 13.2 Å². The second-order valence-electron chi connectivity index (χ2n) is 6.13. The summed E-state index contributed by atoms with van der Waals surface area (Å²) in [6, 6.07) is 12.5. The minimum absolute atomic E-state index is 0. The van der Waals surface area contributed by atoms with Crippen molar-refractivity contribution in [2.75, 3.05) is 26.9 Å². The first-order valence-corrected chi connectivity index (χ1v) is 9.10. The molecule has 0 spiro atoms. The van der Waals surface area contributed by atoms with E-state index in [2.05, 4.69) is 21.7 Å². The molecule has 0 aliphatic carbocycles. The monoisotopic (exact) mass is 501 g/mol. The van der Waals surface area contributed by atoms with Crippen molar-refractivity contribution in [2.24, 2.45) is 4.99 Å². The van der Waals surface area contributed by atoms with Gasteiger partial charge < -0.3 is 20.1 Å². The fraction of sp³-hybridized carbons (Fsp3) is 0.381. The molecule has 2 aromatic rings. The zero-order chi connectivity index (χ0) is 19.5. The van der Waals surface area contributed by atoms with Gasteiger partial charge in [-0.2, -0.15) is 0 Å². The molecule has 0 aliphatic rings. The third kappa shape index (κ3) is 8.43. The molecule has 0 saturated carbocycles. The number of guanidine groups is 1. The van der Waals surface area contributed by atoms with Gasteiger partial charge >= 0.3 is 0 Å².